The highest BCUT2D eigenvalue weighted by Crippen LogP contribution is 2.12. The van der Waals surface area contributed by atoms with Crippen LogP contribution in [0, 0.1) is 0 Å². The molecule has 17 heavy (non-hydrogen) atoms. The van der Waals surface area contributed by atoms with Crippen molar-refractivity contribution in [3.63, 3.8) is 0 Å². The lowest BCUT2D eigenvalue weighted by Crippen LogP contribution is -2.38. The molecule has 0 unspecified atom stereocenters. The summed E-state index contributed by atoms with van der Waals surface area (Å²) < 4.78 is 15.7. The smallest absolute Gasteiger partial charge is 0.346 e. The van der Waals surface area contributed by atoms with E-state index in [9.17, 15) is 4.79 Å². The molecule has 0 aliphatic heterocycles. The third-order valence-corrected chi connectivity index (χ3v) is 4.67. The standard InChI is InChI=1S/C12H23O4Si/c1-5-7-8-9-10-17(12(14-3)15-4)16-11(13)6-2/h6,12H,2,5,7-10H2,1,3-4H3. The average Bonchev–Trinajstić information content (AvgIpc) is 2.35. The number of hydrogen-bond acceptors (Lipinski definition) is 4. The highest BCUT2D eigenvalue weighted by atomic mass is 28.3. The second kappa shape index (κ2) is 10.5. The van der Waals surface area contributed by atoms with E-state index in [1.165, 1.54) is 18.9 Å². The topological polar surface area (TPSA) is 44.8 Å². The van der Waals surface area contributed by atoms with Crippen molar-refractivity contribution in [3.05, 3.63) is 12.7 Å². The number of carbonyl (C=O) groups excluding carboxylic acids is 1. The van der Waals surface area contributed by atoms with Crippen molar-refractivity contribution in [1.82, 2.24) is 0 Å². The average molecular weight is 259 g/mol. The Hall–Kier alpha value is -0.653. The second-order valence-electron chi connectivity index (χ2n) is 3.71. The van der Waals surface area contributed by atoms with Gasteiger partial charge in [0.05, 0.1) is 0 Å². The molecule has 0 aromatic heterocycles. The third-order valence-electron chi connectivity index (χ3n) is 2.37. The van der Waals surface area contributed by atoms with Gasteiger partial charge in [-0.15, -0.1) is 0 Å². The van der Waals surface area contributed by atoms with Crippen molar-refractivity contribution >= 4 is 15.0 Å². The first-order chi connectivity index (χ1) is 8.19. The molecule has 0 saturated carbocycles. The molecular weight excluding hydrogens is 236 g/mol. The lowest BCUT2D eigenvalue weighted by atomic mass is 10.2. The van der Waals surface area contributed by atoms with E-state index in [2.05, 4.69) is 13.5 Å². The summed E-state index contributed by atoms with van der Waals surface area (Å²) in [5.41, 5.74) is 0. The molecule has 0 rings (SSSR count). The number of rotatable bonds is 10. The molecule has 99 valence electrons. The summed E-state index contributed by atoms with van der Waals surface area (Å²) in [6.07, 6.45) is 5.76. The molecule has 0 aromatic carbocycles. The Morgan fingerprint density at radius 3 is 2.41 bits per heavy atom. The fraction of sp³-hybridized carbons (Fsp3) is 0.750. The molecule has 0 heterocycles. The van der Waals surface area contributed by atoms with E-state index in [1.54, 1.807) is 14.2 Å². The maximum absolute atomic E-state index is 11.2. The zero-order chi connectivity index (χ0) is 13.1. The van der Waals surface area contributed by atoms with Gasteiger partial charge in [0.15, 0.2) is 5.91 Å². The van der Waals surface area contributed by atoms with Gasteiger partial charge >= 0.3 is 15.0 Å². The zero-order valence-electron chi connectivity index (χ0n) is 11.0. The first kappa shape index (κ1) is 16.3. The Balaban J connectivity index is 4.18. The molecule has 4 nitrogen and oxygen atoms in total. The van der Waals surface area contributed by atoms with Gasteiger partial charge in [-0.2, -0.15) is 0 Å². The van der Waals surface area contributed by atoms with Gasteiger partial charge in [-0.1, -0.05) is 39.2 Å². The molecule has 0 aliphatic rings. The van der Waals surface area contributed by atoms with Gasteiger partial charge in [-0.25, -0.2) is 4.79 Å². The highest BCUT2D eigenvalue weighted by Gasteiger charge is 2.28. The van der Waals surface area contributed by atoms with E-state index in [-0.39, 0.29) is 0 Å². The van der Waals surface area contributed by atoms with Gasteiger partial charge < -0.3 is 13.9 Å². The Labute approximate surface area is 106 Å². The van der Waals surface area contributed by atoms with Crippen molar-refractivity contribution < 1.29 is 18.7 Å². The minimum Gasteiger partial charge on any atom is -0.509 e. The lowest BCUT2D eigenvalue weighted by molar-refractivity contribution is -0.131. The first-order valence-electron chi connectivity index (χ1n) is 5.95. The van der Waals surface area contributed by atoms with Crippen LogP contribution in [0.25, 0.3) is 0 Å². The Morgan fingerprint density at radius 1 is 1.29 bits per heavy atom. The summed E-state index contributed by atoms with van der Waals surface area (Å²) in [7, 11) is 1.68. The van der Waals surface area contributed by atoms with Crippen LogP contribution in [0.1, 0.15) is 32.6 Å². The molecule has 0 bridgehead atoms. The summed E-state index contributed by atoms with van der Waals surface area (Å²) in [5, 5.41) is 0. The summed E-state index contributed by atoms with van der Waals surface area (Å²) in [5.74, 6) is -0.806. The van der Waals surface area contributed by atoms with Crippen molar-refractivity contribution in [2.24, 2.45) is 0 Å². The first-order valence-corrected chi connectivity index (χ1v) is 7.64. The van der Waals surface area contributed by atoms with Gasteiger partial charge in [0, 0.05) is 20.3 Å². The Morgan fingerprint density at radius 2 is 1.94 bits per heavy atom. The van der Waals surface area contributed by atoms with Crippen LogP contribution in [-0.2, 0) is 18.7 Å². The van der Waals surface area contributed by atoms with Crippen LogP contribution in [0.2, 0.25) is 6.04 Å². The molecule has 0 aromatic rings. The monoisotopic (exact) mass is 259 g/mol. The van der Waals surface area contributed by atoms with Crippen molar-refractivity contribution in [2.75, 3.05) is 14.2 Å². The van der Waals surface area contributed by atoms with Crippen LogP contribution in [-0.4, -0.2) is 35.1 Å². The van der Waals surface area contributed by atoms with E-state index in [0.29, 0.717) is 0 Å². The fourth-order valence-electron chi connectivity index (χ4n) is 1.47. The van der Waals surface area contributed by atoms with E-state index in [0.717, 1.165) is 18.9 Å². The minimum atomic E-state index is -1.44. The van der Waals surface area contributed by atoms with Crippen LogP contribution in [0.3, 0.4) is 0 Å². The van der Waals surface area contributed by atoms with E-state index in [4.69, 9.17) is 13.9 Å². The number of unbranched alkanes of at least 4 members (excludes halogenated alkanes) is 3. The SMILES string of the molecule is C=CC(=O)O[Si](CCCCCC)C(OC)OC. The Kier molecular flexibility index (Phi) is 10.1. The lowest BCUT2D eigenvalue weighted by Gasteiger charge is -2.21. The quantitative estimate of drug-likeness (QED) is 0.262. The fourth-order valence-corrected chi connectivity index (χ4v) is 3.37. The normalized spacial score (nSPS) is 10.9. The largest absolute Gasteiger partial charge is 0.509 e. The van der Waals surface area contributed by atoms with Crippen LogP contribution >= 0.6 is 0 Å². The van der Waals surface area contributed by atoms with Crippen LogP contribution in [0.15, 0.2) is 12.7 Å². The van der Waals surface area contributed by atoms with E-state index >= 15 is 0 Å². The summed E-state index contributed by atoms with van der Waals surface area (Å²) in [4.78, 5) is 11.2. The molecule has 0 amide bonds. The molecule has 0 fully saturated rings. The molecule has 0 aliphatic carbocycles. The maximum Gasteiger partial charge on any atom is 0.346 e. The molecule has 0 N–H and O–H groups in total. The summed E-state index contributed by atoms with van der Waals surface area (Å²) >= 11 is 0. The van der Waals surface area contributed by atoms with E-state index in [1.807, 2.05) is 0 Å². The minimum absolute atomic E-state index is 0.395. The molecular formula is C12H23O4Si. The highest BCUT2D eigenvalue weighted by molar-refractivity contribution is 6.55. The number of carbonyl (C=O) groups is 1. The van der Waals surface area contributed by atoms with Gasteiger partial charge in [0.2, 0.25) is 0 Å². The summed E-state index contributed by atoms with van der Waals surface area (Å²) in [6.45, 7) is 5.56. The number of methoxy groups -OCH3 is 2. The van der Waals surface area contributed by atoms with Gasteiger partial charge in [-0.3, -0.25) is 0 Å². The number of ether oxygens (including phenoxy) is 2. The van der Waals surface area contributed by atoms with Crippen molar-refractivity contribution in [3.8, 4) is 0 Å². The van der Waals surface area contributed by atoms with Crippen molar-refractivity contribution in [1.29, 1.82) is 0 Å². The zero-order valence-corrected chi connectivity index (χ0v) is 12.0. The number of hydrogen-bond donors (Lipinski definition) is 0. The van der Waals surface area contributed by atoms with E-state index < -0.39 is 20.9 Å². The van der Waals surface area contributed by atoms with Gasteiger partial charge in [-0.05, 0) is 6.04 Å². The maximum atomic E-state index is 11.2. The van der Waals surface area contributed by atoms with Crippen LogP contribution in [0.5, 0.6) is 0 Å². The second-order valence-corrected chi connectivity index (χ2v) is 5.81. The predicted octanol–water partition coefficient (Wildman–Crippen LogP) is 2.45. The van der Waals surface area contributed by atoms with Gasteiger partial charge in [0.25, 0.3) is 0 Å². The van der Waals surface area contributed by atoms with Crippen LogP contribution in [0.4, 0.5) is 0 Å². The molecule has 1 radical (unpaired) electrons. The van der Waals surface area contributed by atoms with Gasteiger partial charge in [0.1, 0.15) is 0 Å². The van der Waals surface area contributed by atoms with Crippen molar-refractivity contribution in [2.45, 2.75) is 44.6 Å². The molecule has 5 heteroatoms. The molecule has 0 atom stereocenters. The van der Waals surface area contributed by atoms with Crippen LogP contribution < -0.4 is 0 Å². The summed E-state index contributed by atoms with van der Waals surface area (Å²) in [6, 6.07) is 0.844. The molecule has 0 spiro atoms. The molecule has 0 saturated heterocycles. The predicted molar refractivity (Wildman–Crippen MR) is 68.8 cm³/mol. The Bertz CT molecular complexity index is 217. The third kappa shape index (κ3) is 7.30.